The van der Waals surface area contributed by atoms with Crippen LogP contribution in [0.3, 0.4) is 0 Å². The fraction of sp³-hybridized carbons (Fsp3) is 0.909. The van der Waals surface area contributed by atoms with Gasteiger partial charge in [0.25, 0.3) is 0 Å². The molecule has 0 radical (unpaired) electrons. The van der Waals surface area contributed by atoms with Crippen molar-refractivity contribution >= 4 is 5.97 Å². The van der Waals surface area contributed by atoms with Crippen LogP contribution < -0.4 is 0 Å². The van der Waals surface area contributed by atoms with E-state index in [9.17, 15) is 9.90 Å². The molecular formula is C11H19NO3. The number of nitrogens with zero attached hydrogens (tertiary/aromatic N) is 1. The number of rotatable bonds is 3. The number of likely N-dealkylation sites (tertiary alicyclic amines) is 1. The summed E-state index contributed by atoms with van der Waals surface area (Å²) in [6.45, 7) is 3.27. The standard InChI is InChI=1S/C11H19NO3/c1-8(13)9(10(14)15)12-6-11(7-12)4-2-3-5-11/h8-9,13H,2-7H2,1H3,(H,14,15). The molecule has 2 rings (SSSR count). The van der Waals surface area contributed by atoms with E-state index in [4.69, 9.17) is 5.11 Å². The second kappa shape index (κ2) is 3.76. The number of aliphatic hydroxyl groups is 1. The molecule has 4 nitrogen and oxygen atoms in total. The Hall–Kier alpha value is -0.610. The maximum absolute atomic E-state index is 11.0. The first-order valence-electron chi connectivity index (χ1n) is 5.69. The van der Waals surface area contributed by atoms with Crippen molar-refractivity contribution in [2.75, 3.05) is 13.1 Å². The minimum atomic E-state index is -0.905. The van der Waals surface area contributed by atoms with E-state index in [1.807, 2.05) is 4.90 Å². The summed E-state index contributed by atoms with van der Waals surface area (Å²) in [5.41, 5.74) is 0.391. The molecule has 2 fully saturated rings. The van der Waals surface area contributed by atoms with Crippen LogP contribution in [0.15, 0.2) is 0 Å². The van der Waals surface area contributed by atoms with E-state index >= 15 is 0 Å². The van der Waals surface area contributed by atoms with Gasteiger partial charge in [0.1, 0.15) is 6.04 Å². The monoisotopic (exact) mass is 213 g/mol. The van der Waals surface area contributed by atoms with Gasteiger partial charge < -0.3 is 10.2 Å². The highest BCUT2D eigenvalue weighted by atomic mass is 16.4. The van der Waals surface area contributed by atoms with Crippen LogP contribution >= 0.6 is 0 Å². The van der Waals surface area contributed by atoms with Gasteiger partial charge in [0.05, 0.1) is 6.10 Å². The fourth-order valence-electron chi connectivity index (χ4n) is 3.12. The fourth-order valence-corrected chi connectivity index (χ4v) is 3.12. The second-order valence-corrected chi connectivity index (χ2v) is 5.14. The maximum atomic E-state index is 11.0. The largest absolute Gasteiger partial charge is 0.480 e. The summed E-state index contributed by atoms with van der Waals surface area (Å²) in [5.74, 6) is -0.905. The summed E-state index contributed by atoms with van der Waals surface area (Å²) in [5, 5.41) is 18.4. The van der Waals surface area contributed by atoms with Gasteiger partial charge in [0.15, 0.2) is 0 Å². The minimum Gasteiger partial charge on any atom is -0.480 e. The smallest absolute Gasteiger partial charge is 0.323 e. The predicted octanol–water partition coefficient (Wildman–Crippen LogP) is 0.696. The Balaban J connectivity index is 1.94. The van der Waals surface area contributed by atoms with Gasteiger partial charge in [-0.3, -0.25) is 9.69 Å². The third-order valence-electron chi connectivity index (χ3n) is 3.84. The molecule has 1 saturated carbocycles. The maximum Gasteiger partial charge on any atom is 0.323 e. The van der Waals surface area contributed by atoms with Gasteiger partial charge in [0, 0.05) is 13.1 Å². The SMILES string of the molecule is CC(O)C(C(=O)O)N1CC2(CCCC2)C1. The van der Waals surface area contributed by atoms with Crippen molar-refractivity contribution < 1.29 is 15.0 Å². The first-order chi connectivity index (χ1) is 7.04. The lowest BCUT2D eigenvalue weighted by Crippen LogP contribution is -2.63. The molecule has 2 N–H and O–H groups in total. The van der Waals surface area contributed by atoms with Crippen LogP contribution in [0, 0.1) is 5.41 Å². The van der Waals surface area contributed by atoms with Crippen LogP contribution in [0.2, 0.25) is 0 Å². The van der Waals surface area contributed by atoms with Crippen LogP contribution in [0.5, 0.6) is 0 Å². The van der Waals surface area contributed by atoms with E-state index in [-0.39, 0.29) is 0 Å². The molecule has 0 bridgehead atoms. The lowest BCUT2D eigenvalue weighted by Gasteiger charge is -2.51. The van der Waals surface area contributed by atoms with E-state index in [1.54, 1.807) is 6.92 Å². The molecule has 0 aromatic carbocycles. The molecular weight excluding hydrogens is 194 g/mol. The second-order valence-electron chi connectivity index (χ2n) is 5.14. The summed E-state index contributed by atoms with van der Waals surface area (Å²) in [7, 11) is 0. The van der Waals surface area contributed by atoms with Crippen molar-refractivity contribution in [1.82, 2.24) is 4.90 Å². The third-order valence-corrected chi connectivity index (χ3v) is 3.84. The number of hydrogen-bond donors (Lipinski definition) is 2. The van der Waals surface area contributed by atoms with Crippen molar-refractivity contribution in [2.24, 2.45) is 5.41 Å². The Morgan fingerprint density at radius 1 is 1.33 bits per heavy atom. The molecule has 2 aliphatic rings. The summed E-state index contributed by atoms with van der Waals surface area (Å²) in [6, 6.07) is -0.712. The molecule has 0 amide bonds. The molecule has 0 aromatic heterocycles. The van der Waals surface area contributed by atoms with E-state index < -0.39 is 18.1 Å². The van der Waals surface area contributed by atoms with Crippen LogP contribution in [-0.2, 0) is 4.79 Å². The molecule has 1 aliphatic heterocycles. The summed E-state index contributed by atoms with van der Waals surface area (Å²) < 4.78 is 0. The average molecular weight is 213 g/mol. The summed E-state index contributed by atoms with van der Waals surface area (Å²) in [6.07, 6.45) is 4.23. The highest BCUT2D eigenvalue weighted by molar-refractivity contribution is 5.74. The first-order valence-corrected chi connectivity index (χ1v) is 5.69. The van der Waals surface area contributed by atoms with Gasteiger partial charge >= 0.3 is 5.97 Å². The zero-order valence-corrected chi connectivity index (χ0v) is 9.15. The Bertz CT molecular complexity index is 251. The van der Waals surface area contributed by atoms with Crippen molar-refractivity contribution in [3.8, 4) is 0 Å². The molecule has 86 valence electrons. The number of carbonyl (C=O) groups is 1. The number of carboxylic acid groups (broad SMARTS) is 1. The Morgan fingerprint density at radius 3 is 2.27 bits per heavy atom. The molecule has 0 aromatic rings. The van der Waals surface area contributed by atoms with Gasteiger partial charge in [-0.05, 0) is 25.2 Å². The lowest BCUT2D eigenvalue weighted by atomic mass is 9.77. The molecule has 1 saturated heterocycles. The Labute approximate surface area is 89.9 Å². The van der Waals surface area contributed by atoms with Gasteiger partial charge in [-0.15, -0.1) is 0 Å². The van der Waals surface area contributed by atoms with Crippen LogP contribution in [0.25, 0.3) is 0 Å². The molecule has 4 heteroatoms. The first kappa shape index (κ1) is 10.9. The number of carboxylic acids is 1. The topological polar surface area (TPSA) is 60.8 Å². The molecule has 1 spiro atoms. The quantitative estimate of drug-likeness (QED) is 0.724. The zero-order chi connectivity index (χ0) is 11.1. The molecule has 2 atom stereocenters. The van der Waals surface area contributed by atoms with Gasteiger partial charge in [-0.25, -0.2) is 0 Å². The van der Waals surface area contributed by atoms with Crippen molar-refractivity contribution in [2.45, 2.75) is 44.8 Å². The number of hydrogen-bond acceptors (Lipinski definition) is 3. The predicted molar refractivity (Wildman–Crippen MR) is 55.6 cm³/mol. The highest BCUT2D eigenvalue weighted by Crippen LogP contribution is 2.46. The van der Waals surface area contributed by atoms with Gasteiger partial charge in [-0.2, -0.15) is 0 Å². The van der Waals surface area contributed by atoms with Crippen molar-refractivity contribution in [3.63, 3.8) is 0 Å². The highest BCUT2D eigenvalue weighted by Gasteiger charge is 2.49. The number of aliphatic hydroxyl groups excluding tert-OH is 1. The van der Waals surface area contributed by atoms with Crippen LogP contribution in [0.4, 0.5) is 0 Å². The van der Waals surface area contributed by atoms with E-state index in [0.29, 0.717) is 5.41 Å². The lowest BCUT2D eigenvalue weighted by molar-refractivity contribution is -0.155. The molecule has 1 aliphatic carbocycles. The van der Waals surface area contributed by atoms with E-state index in [2.05, 4.69) is 0 Å². The minimum absolute atomic E-state index is 0.391. The number of aliphatic carboxylic acids is 1. The van der Waals surface area contributed by atoms with Gasteiger partial charge in [0.2, 0.25) is 0 Å². The van der Waals surface area contributed by atoms with Crippen molar-refractivity contribution in [3.05, 3.63) is 0 Å². The normalized spacial score (nSPS) is 28.7. The molecule has 1 heterocycles. The van der Waals surface area contributed by atoms with E-state index in [1.165, 1.54) is 25.7 Å². The van der Waals surface area contributed by atoms with Crippen LogP contribution in [0.1, 0.15) is 32.6 Å². The average Bonchev–Trinajstić information content (AvgIpc) is 2.50. The van der Waals surface area contributed by atoms with Crippen LogP contribution in [-0.4, -0.2) is 46.3 Å². The Morgan fingerprint density at radius 2 is 1.87 bits per heavy atom. The third kappa shape index (κ3) is 1.88. The summed E-state index contributed by atoms with van der Waals surface area (Å²) >= 11 is 0. The molecule has 2 unspecified atom stereocenters. The van der Waals surface area contributed by atoms with E-state index in [0.717, 1.165) is 13.1 Å². The van der Waals surface area contributed by atoms with Gasteiger partial charge in [-0.1, -0.05) is 12.8 Å². The summed E-state index contributed by atoms with van der Waals surface area (Å²) in [4.78, 5) is 12.9. The Kier molecular flexibility index (Phi) is 2.73. The van der Waals surface area contributed by atoms with Crippen molar-refractivity contribution in [1.29, 1.82) is 0 Å². The molecule has 15 heavy (non-hydrogen) atoms. The zero-order valence-electron chi connectivity index (χ0n) is 9.15.